The fraction of sp³-hybridized carbons (Fsp3) is 0.239. The second-order valence-corrected chi connectivity index (χ2v) is 19.2. The highest BCUT2D eigenvalue weighted by molar-refractivity contribution is 8.00. The summed E-state index contributed by atoms with van der Waals surface area (Å²) in [5.41, 5.74) is 2.69. The van der Waals surface area contributed by atoms with E-state index in [9.17, 15) is 26.4 Å². The van der Waals surface area contributed by atoms with Crippen LogP contribution < -0.4 is 19.8 Å². The van der Waals surface area contributed by atoms with Crippen LogP contribution in [0, 0.1) is 6.92 Å². The Bertz CT molecular complexity index is 2580. The first-order chi connectivity index (χ1) is 29.2. The zero-order valence-corrected chi connectivity index (χ0v) is 37.0. The zero-order chi connectivity index (χ0) is 43.3. The van der Waals surface area contributed by atoms with E-state index >= 15 is 0 Å². The molecule has 1 aromatic heterocycles. The number of sulfone groups is 1. The molecule has 1 aliphatic heterocycles. The first-order valence-electron chi connectivity index (χ1n) is 19.7. The summed E-state index contributed by atoms with van der Waals surface area (Å²) < 4.78 is 71.8. The Hall–Kier alpha value is -5.02. The van der Waals surface area contributed by atoms with Crippen molar-refractivity contribution in [3.8, 4) is 22.4 Å². The van der Waals surface area contributed by atoms with Crippen LogP contribution in [0.5, 0.6) is 0 Å². The lowest BCUT2D eigenvalue weighted by Crippen LogP contribution is -2.46. The van der Waals surface area contributed by atoms with Crippen LogP contribution in [0.15, 0.2) is 136 Å². The van der Waals surface area contributed by atoms with Crippen molar-refractivity contribution in [1.82, 2.24) is 4.57 Å². The largest absolute Gasteiger partial charge is 0.501 e. The van der Waals surface area contributed by atoms with E-state index in [1.165, 1.54) is 17.8 Å². The van der Waals surface area contributed by atoms with Crippen LogP contribution in [0.4, 0.5) is 35.9 Å². The molecule has 318 valence electrons. The lowest BCUT2D eigenvalue weighted by Gasteiger charge is -2.37. The van der Waals surface area contributed by atoms with Gasteiger partial charge in [-0.2, -0.15) is 13.2 Å². The molecule has 0 amide bonds. The maximum atomic E-state index is 13.7. The third kappa shape index (κ3) is 9.88. The number of benzene rings is 5. The molecule has 0 spiro atoms. The van der Waals surface area contributed by atoms with Crippen molar-refractivity contribution < 1.29 is 26.4 Å². The smallest absolute Gasteiger partial charge is 0.383 e. The molecule has 8 nitrogen and oxygen atoms in total. The number of hydrogen-bond donors (Lipinski definition) is 2. The molecule has 61 heavy (non-hydrogen) atoms. The van der Waals surface area contributed by atoms with Gasteiger partial charge in [0.1, 0.15) is 4.90 Å². The van der Waals surface area contributed by atoms with Crippen molar-refractivity contribution in [2.75, 3.05) is 58.3 Å². The number of carbonyl (C=O) groups excluding carboxylic acids is 1. The molecule has 1 saturated heterocycles. The fourth-order valence-electron chi connectivity index (χ4n) is 7.57. The van der Waals surface area contributed by atoms with Gasteiger partial charge in [-0.3, -0.25) is 4.79 Å². The van der Waals surface area contributed by atoms with Gasteiger partial charge in [0.2, 0.25) is 0 Å². The third-order valence-electron chi connectivity index (χ3n) is 10.5. The van der Waals surface area contributed by atoms with Gasteiger partial charge in [-0.25, -0.2) is 8.42 Å². The SMILES string of the molecule is Cc1c(C=O)c(-c2cccc(N3CCN(c4ccc(NSc5ccc(NCCSc6ccccc6)c(S(=O)(=O)C(F)(F)F)c5)cc4)CC3)c2)c(-c2ccc(Cl)cc2)n1C(C)C. The number of carbonyl (C=O) groups is 1. The number of aldehydes is 1. The minimum absolute atomic E-state index is 0.0979. The number of anilines is 4. The van der Waals surface area contributed by atoms with Crippen LogP contribution in [-0.4, -0.2) is 63.3 Å². The summed E-state index contributed by atoms with van der Waals surface area (Å²) in [6.07, 6.45) is 0.957. The normalized spacial score (nSPS) is 13.4. The molecule has 0 unspecified atom stereocenters. The van der Waals surface area contributed by atoms with Crippen molar-refractivity contribution in [3.63, 3.8) is 0 Å². The number of nitrogens with one attached hydrogen (secondary N) is 2. The Balaban J connectivity index is 0.998. The standard InChI is InChI=1S/C46H45ClF3N5O3S3/c1-31(2)55-32(3)41(30-56)44(45(55)33-12-14-35(47)15-13-33)34-8-7-9-38(28-34)54-25-23-53(24-26-54)37-18-16-36(17-19-37)52-60-40-20-21-42(43(29-40)61(57,58)46(48,49)50)51-22-27-59-39-10-5-4-6-11-39/h4-21,28-31,51-52H,22-27H2,1-3H3. The van der Waals surface area contributed by atoms with Gasteiger partial charge in [0.25, 0.3) is 9.84 Å². The monoisotopic (exact) mass is 903 g/mol. The Morgan fingerprint density at radius 1 is 0.787 bits per heavy atom. The fourth-order valence-corrected chi connectivity index (χ4v) is 10.2. The summed E-state index contributed by atoms with van der Waals surface area (Å²) in [6, 6.07) is 37.5. The number of thioether (sulfide) groups is 1. The van der Waals surface area contributed by atoms with Crippen LogP contribution >= 0.6 is 35.3 Å². The van der Waals surface area contributed by atoms with E-state index in [1.807, 2.05) is 91.9 Å². The topological polar surface area (TPSA) is 86.7 Å². The molecular weight excluding hydrogens is 859 g/mol. The molecule has 2 heterocycles. The van der Waals surface area contributed by atoms with Crippen molar-refractivity contribution in [2.45, 2.75) is 47.0 Å². The molecule has 1 aliphatic rings. The average molecular weight is 905 g/mol. The summed E-state index contributed by atoms with van der Waals surface area (Å²) in [5.74, 6) is 0.526. The molecule has 2 N–H and O–H groups in total. The van der Waals surface area contributed by atoms with Gasteiger partial charge in [0.05, 0.1) is 11.4 Å². The van der Waals surface area contributed by atoms with E-state index in [2.05, 4.69) is 56.5 Å². The molecule has 0 aliphatic carbocycles. The predicted octanol–water partition coefficient (Wildman–Crippen LogP) is 12.1. The second kappa shape index (κ2) is 18.9. The van der Waals surface area contributed by atoms with E-state index in [4.69, 9.17) is 11.6 Å². The summed E-state index contributed by atoms with van der Waals surface area (Å²) >= 11 is 8.80. The second-order valence-electron chi connectivity index (χ2n) is 14.8. The maximum Gasteiger partial charge on any atom is 0.501 e. The van der Waals surface area contributed by atoms with E-state index in [-0.39, 0.29) is 18.3 Å². The van der Waals surface area contributed by atoms with Crippen LogP contribution in [0.25, 0.3) is 22.4 Å². The molecule has 0 bridgehead atoms. The van der Waals surface area contributed by atoms with Crippen LogP contribution in [0.1, 0.15) is 35.9 Å². The Morgan fingerprint density at radius 2 is 1.46 bits per heavy atom. The number of hydrogen-bond acceptors (Lipinski definition) is 9. The Kier molecular flexibility index (Phi) is 13.7. The molecule has 1 fully saturated rings. The lowest BCUT2D eigenvalue weighted by atomic mass is 9.96. The highest BCUT2D eigenvalue weighted by Gasteiger charge is 2.48. The molecule has 0 atom stereocenters. The van der Waals surface area contributed by atoms with Crippen LogP contribution in [0.2, 0.25) is 5.02 Å². The zero-order valence-electron chi connectivity index (χ0n) is 33.7. The molecular formula is C46H45ClF3N5O3S3. The van der Waals surface area contributed by atoms with Crippen molar-refractivity contribution in [3.05, 3.63) is 138 Å². The number of piperazine rings is 1. The van der Waals surface area contributed by atoms with Crippen LogP contribution in [0.3, 0.4) is 0 Å². The molecule has 5 aromatic carbocycles. The maximum absolute atomic E-state index is 13.7. The molecule has 6 aromatic rings. The summed E-state index contributed by atoms with van der Waals surface area (Å²) in [5, 5.41) is 3.53. The van der Waals surface area contributed by atoms with Crippen molar-refractivity contribution in [1.29, 1.82) is 0 Å². The molecule has 0 radical (unpaired) electrons. The predicted molar refractivity (Wildman–Crippen MR) is 247 cm³/mol. The first kappa shape index (κ1) is 44.0. The first-order valence-corrected chi connectivity index (χ1v) is 23.4. The molecule has 7 rings (SSSR count). The molecule has 15 heteroatoms. The number of rotatable bonds is 15. The number of aromatic nitrogens is 1. The van der Waals surface area contributed by atoms with Gasteiger partial charge in [0.15, 0.2) is 6.29 Å². The van der Waals surface area contributed by atoms with E-state index in [1.54, 1.807) is 6.07 Å². The highest BCUT2D eigenvalue weighted by atomic mass is 35.5. The van der Waals surface area contributed by atoms with E-state index < -0.39 is 20.2 Å². The minimum Gasteiger partial charge on any atom is -0.383 e. The van der Waals surface area contributed by atoms with Gasteiger partial charge in [0, 0.05) is 93.2 Å². The minimum atomic E-state index is -5.61. The number of halogens is 4. The van der Waals surface area contributed by atoms with Gasteiger partial charge in [-0.05, 0) is 123 Å². The Labute approximate surface area is 368 Å². The van der Waals surface area contributed by atoms with Crippen LogP contribution in [-0.2, 0) is 9.84 Å². The number of nitrogens with zero attached hydrogens (tertiary/aromatic N) is 3. The van der Waals surface area contributed by atoms with Gasteiger partial charge in [-0.1, -0.05) is 54.1 Å². The highest BCUT2D eigenvalue weighted by Crippen LogP contribution is 2.42. The third-order valence-corrected chi connectivity index (χ3v) is 14.1. The Morgan fingerprint density at radius 3 is 2.10 bits per heavy atom. The van der Waals surface area contributed by atoms with E-state index in [0.29, 0.717) is 26.9 Å². The van der Waals surface area contributed by atoms with Crippen molar-refractivity contribution >= 4 is 74.2 Å². The number of alkyl halides is 3. The van der Waals surface area contributed by atoms with Gasteiger partial charge >= 0.3 is 5.51 Å². The molecule has 0 saturated carbocycles. The van der Waals surface area contributed by atoms with E-state index in [0.717, 1.165) is 94.8 Å². The lowest BCUT2D eigenvalue weighted by molar-refractivity contribution is -0.0435. The summed E-state index contributed by atoms with van der Waals surface area (Å²) in [7, 11) is -5.61. The summed E-state index contributed by atoms with van der Waals surface area (Å²) in [6.45, 7) is 9.58. The van der Waals surface area contributed by atoms with Crippen molar-refractivity contribution in [2.24, 2.45) is 0 Å². The average Bonchev–Trinajstić information content (AvgIpc) is 3.57. The van der Waals surface area contributed by atoms with Gasteiger partial charge < -0.3 is 24.4 Å². The quantitative estimate of drug-likeness (QED) is 0.0453. The summed E-state index contributed by atoms with van der Waals surface area (Å²) in [4.78, 5) is 17.8. The van der Waals surface area contributed by atoms with Gasteiger partial charge in [-0.15, -0.1) is 11.8 Å².